The first-order valence-corrected chi connectivity index (χ1v) is 19.3. The molecule has 244 valence electrons. The van der Waals surface area contributed by atoms with Crippen molar-refractivity contribution >= 4 is 39.7 Å². The van der Waals surface area contributed by atoms with Gasteiger partial charge in [0.1, 0.15) is 24.4 Å². The molecular weight excluding hydrogens is 629 g/mol. The Kier molecular flexibility index (Phi) is 8.02. The van der Waals surface area contributed by atoms with E-state index in [4.69, 9.17) is 23.6 Å². The molecule has 0 bridgehead atoms. The van der Waals surface area contributed by atoms with Crippen molar-refractivity contribution in [2.45, 2.75) is 74.8 Å². The van der Waals surface area contributed by atoms with Crippen LogP contribution < -0.4 is 10.4 Å². The summed E-state index contributed by atoms with van der Waals surface area (Å²) in [6.45, 7) is 10.6. The molecule has 2 aliphatic rings. The summed E-state index contributed by atoms with van der Waals surface area (Å²) in [6, 6.07) is 36.5. The van der Waals surface area contributed by atoms with Crippen molar-refractivity contribution < 1.29 is 27.1 Å². The summed E-state index contributed by atoms with van der Waals surface area (Å²) in [5.74, 6) is -0.665. The Morgan fingerprint density at radius 1 is 0.787 bits per heavy atom. The van der Waals surface area contributed by atoms with Gasteiger partial charge >= 0.3 is 0 Å². The van der Waals surface area contributed by atoms with Crippen molar-refractivity contribution in [2.24, 2.45) is 0 Å². The summed E-state index contributed by atoms with van der Waals surface area (Å²) in [7, 11) is -6.94. The zero-order valence-electron chi connectivity index (χ0n) is 27.2. The van der Waals surface area contributed by atoms with Gasteiger partial charge in [0.05, 0.1) is 22.5 Å². The smallest absolute Gasteiger partial charge is 0.269 e. The van der Waals surface area contributed by atoms with E-state index in [9.17, 15) is 8.42 Å². The molecule has 10 heteroatoms. The predicted molar refractivity (Wildman–Crippen MR) is 184 cm³/mol. The highest BCUT2D eigenvalue weighted by molar-refractivity contribution is 7.90. The molecule has 1 aromatic heterocycles. The Bertz CT molecular complexity index is 1940. The zero-order valence-corrected chi connectivity index (χ0v) is 29.1. The second-order valence-corrected chi connectivity index (χ2v) is 19.8. The molecule has 0 amide bonds. The Morgan fingerprint density at radius 3 is 1.91 bits per heavy atom. The van der Waals surface area contributed by atoms with Crippen molar-refractivity contribution in [3.8, 4) is 0 Å². The Balaban J connectivity index is 1.31. The van der Waals surface area contributed by atoms with Crippen LogP contribution >= 0.6 is 0 Å². The van der Waals surface area contributed by atoms with Crippen molar-refractivity contribution in [1.82, 2.24) is 8.96 Å². The van der Waals surface area contributed by atoms with Gasteiger partial charge in [0.2, 0.25) is 0 Å². The maximum Gasteiger partial charge on any atom is 0.269 e. The van der Waals surface area contributed by atoms with Gasteiger partial charge < -0.3 is 18.6 Å². The first-order chi connectivity index (χ1) is 22.4. The number of para-hydroxylation sites is 2. The Labute approximate surface area is 277 Å². The standard InChI is InChI=1S/C37H40N2O6SSi/c1-36(2,3)47(27-19-11-7-12-20-27,28-21-13-8-14-22-28)42-25-31-32-33(45-37(4,5)44-32)34(43-31)35-38-29-23-15-16-24-30(29)39(35)46(40,41)26-17-9-6-10-18-26/h6-24,31-34H,25H2,1-5H3/t31-,32-,33-,34+/m1/s1. The zero-order chi connectivity index (χ0) is 33.0. The first kappa shape index (κ1) is 31.9. The third-order valence-electron chi connectivity index (χ3n) is 9.11. The minimum Gasteiger partial charge on any atom is -0.405 e. The van der Waals surface area contributed by atoms with Crippen LogP contribution in [0.5, 0.6) is 0 Å². The minimum absolute atomic E-state index is 0.162. The van der Waals surface area contributed by atoms with Crippen molar-refractivity contribution in [3.05, 3.63) is 121 Å². The van der Waals surface area contributed by atoms with Gasteiger partial charge in [-0.25, -0.2) is 17.4 Å². The van der Waals surface area contributed by atoms with Gasteiger partial charge in [-0.3, -0.25) is 0 Å². The number of hydrogen-bond donors (Lipinski definition) is 0. The van der Waals surface area contributed by atoms with Crippen LogP contribution in [0.15, 0.2) is 120 Å². The summed E-state index contributed by atoms with van der Waals surface area (Å²) in [5.41, 5.74) is 1.02. The summed E-state index contributed by atoms with van der Waals surface area (Å²) < 4.78 is 56.8. The van der Waals surface area contributed by atoms with Gasteiger partial charge in [0.15, 0.2) is 11.6 Å². The molecule has 0 radical (unpaired) electrons. The number of aromatic nitrogens is 2. The monoisotopic (exact) mass is 668 g/mol. The lowest BCUT2D eigenvalue weighted by atomic mass is 10.1. The van der Waals surface area contributed by atoms with Crippen LogP contribution in [-0.2, 0) is 28.7 Å². The van der Waals surface area contributed by atoms with Gasteiger partial charge in [0.25, 0.3) is 18.3 Å². The molecule has 0 N–H and O–H groups in total. The molecule has 5 aromatic rings. The van der Waals surface area contributed by atoms with Crippen LogP contribution in [0.4, 0.5) is 0 Å². The van der Waals surface area contributed by atoms with Gasteiger partial charge in [-0.05, 0) is 53.5 Å². The number of rotatable bonds is 8. The fraction of sp³-hybridized carbons (Fsp3) is 0.324. The van der Waals surface area contributed by atoms with Crippen LogP contribution in [0.2, 0.25) is 5.04 Å². The molecule has 2 aliphatic heterocycles. The van der Waals surface area contributed by atoms with E-state index < -0.39 is 48.5 Å². The fourth-order valence-corrected chi connectivity index (χ4v) is 13.2. The molecule has 4 atom stereocenters. The quantitative estimate of drug-likeness (QED) is 0.193. The van der Waals surface area contributed by atoms with E-state index in [0.717, 1.165) is 10.4 Å². The van der Waals surface area contributed by atoms with E-state index in [1.807, 2.05) is 44.2 Å². The summed E-state index contributed by atoms with van der Waals surface area (Å²) >= 11 is 0. The van der Waals surface area contributed by atoms with Crippen LogP contribution in [0, 0.1) is 0 Å². The maximum atomic E-state index is 14.2. The van der Waals surface area contributed by atoms with E-state index in [1.165, 1.54) is 3.97 Å². The lowest BCUT2D eigenvalue weighted by molar-refractivity contribution is -0.191. The average molecular weight is 669 g/mol. The van der Waals surface area contributed by atoms with Crippen molar-refractivity contribution in [3.63, 3.8) is 0 Å². The molecule has 0 spiro atoms. The molecule has 2 saturated heterocycles. The molecule has 0 saturated carbocycles. The number of ether oxygens (including phenoxy) is 3. The number of fused-ring (bicyclic) bond motifs is 2. The molecule has 0 unspecified atom stereocenters. The molecule has 4 aromatic carbocycles. The van der Waals surface area contributed by atoms with E-state index in [1.54, 1.807) is 36.4 Å². The first-order valence-electron chi connectivity index (χ1n) is 16.0. The second kappa shape index (κ2) is 11.8. The number of imidazole rings is 1. The molecule has 47 heavy (non-hydrogen) atoms. The molecule has 3 heterocycles. The lowest BCUT2D eigenvalue weighted by Gasteiger charge is -2.43. The van der Waals surface area contributed by atoms with Crippen molar-refractivity contribution in [1.29, 1.82) is 0 Å². The highest BCUT2D eigenvalue weighted by Gasteiger charge is 2.59. The number of hydrogen-bond acceptors (Lipinski definition) is 7. The number of nitrogens with zero attached hydrogens (tertiary/aromatic N) is 2. The Morgan fingerprint density at radius 2 is 1.32 bits per heavy atom. The van der Waals surface area contributed by atoms with Gasteiger partial charge in [0, 0.05) is 0 Å². The SMILES string of the molecule is CC1(C)O[C@@H]2[C@H](O1)[C@@H](CO[Si](c1ccccc1)(c1ccccc1)C(C)(C)C)O[C@@H]2c1nc2ccccc2n1S(=O)(=O)c1ccccc1. The Hall–Kier alpha value is -3.64. The molecule has 0 aliphatic carbocycles. The highest BCUT2D eigenvalue weighted by atomic mass is 32.2. The second-order valence-electron chi connectivity index (χ2n) is 13.7. The highest BCUT2D eigenvalue weighted by Crippen LogP contribution is 2.47. The van der Waals surface area contributed by atoms with E-state index >= 15 is 0 Å². The molecule has 8 nitrogen and oxygen atoms in total. The third-order valence-corrected chi connectivity index (χ3v) is 15.8. The molecule has 2 fully saturated rings. The van der Waals surface area contributed by atoms with Crippen LogP contribution in [-0.4, -0.2) is 56.4 Å². The minimum atomic E-state index is -4.04. The van der Waals surface area contributed by atoms with Crippen LogP contribution in [0.25, 0.3) is 11.0 Å². The van der Waals surface area contributed by atoms with E-state index in [-0.39, 0.29) is 22.4 Å². The van der Waals surface area contributed by atoms with Crippen molar-refractivity contribution in [2.75, 3.05) is 6.61 Å². The largest absolute Gasteiger partial charge is 0.405 e. The molecular formula is C37H40N2O6SSi. The van der Waals surface area contributed by atoms with E-state index in [2.05, 4.69) is 69.3 Å². The summed E-state index contributed by atoms with van der Waals surface area (Å²) in [6.07, 6.45) is -2.51. The summed E-state index contributed by atoms with van der Waals surface area (Å²) in [5, 5.41) is 2.07. The van der Waals surface area contributed by atoms with Gasteiger partial charge in [-0.15, -0.1) is 0 Å². The van der Waals surface area contributed by atoms with Gasteiger partial charge in [-0.1, -0.05) is 112 Å². The fourth-order valence-electron chi connectivity index (χ4n) is 7.15. The predicted octanol–water partition coefficient (Wildman–Crippen LogP) is 5.81. The van der Waals surface area contributed by atoms with Crippen LogP contribution in [0.1, 0.15) is 46.5 Å². The topological polar surface area (TPSA) is 88.9 Å². The normalized spacial score (nSPS) is 22.8. The van der Waals surface area contributed by atoms with Crippen LogP contribution in [0.3, 0.4) is 0 Å². The third kappa shape index (κ3) is 5.46. The average Bonchev–Trinajstić information content (AvgIpc) is 3.71. The van der Waals surface area contributed by atoms with E-state index in [0.29, 0.717) is 11.0 Å². The van der Waals surface area contributed by atoms with Gasteiger partial charge in [-0.2, -0.15) is 0 Å². The molecule has 7 rings (SSSR count). The lowest BCUT2D eigenvalue weighted by Crippen LogP contribution is -2.67. The number of benzene rings is 4. The summed E-state index contributed by atoms with van der Waals surface area (Å²) in [4.78, 5) is 5.03. The maximum absolute atomic E-state index is 14.2.